The minimum atomic E-state index is -0.00800. The fourth-order valence-corrected chi connectivity index (χ4v) is 5.24. The third-order valence-electron chi connectivity index (χ3n) is 4.96. The summed E-state index contributed by atoms with van der Waals surface area (Å²) >= 11 is 3.25. The zero-order chi connectivity index (χ0) is 17.5. The van der Waals surface area contributed by atoms with Crippen molar-refractivity contribution in [1.82, 2.24) is 4.98 Å². The van der Waals surface area contributed by atoms with E-state index in [9.17, 15) is 4.79 Å². The number of thiazole rings is 1. The van der Waals surface area contributed by atoms with Gasteiger partial charge in [0.25, 0.3) is 5.91 Å². The first-order valence-electron chi connectivity index (χ1n) is 8.61. The molecule has 0 bridgehead atoms. The van der Waals surface area contributed by atoms with E-state index in [1.54, 1.807) is 11.3 Å². The van der Waals surface area contributed by atoms with Gasteiger partial charge in [-0.1, -0.05) is 34.6 Å². The van der Waals surface area contributed by atoms with E-state index in [4.69, 9.17) is 0 Å². The molecule has 0 radical (unpaired) electrons. The van der Waals surface area contributed by atoms with E-state index in [0.29, 0.717) is 22.4 Å². The predicted molar refractivity (Wildman–Crippen MR) is 103 cm³/mol. The lowest BCUT2D eigenvalue weighted by molar-refractivity contribution is 0.102. The van der Waals surface area contributed by atoms with Crippen molar-refractivity contribution < 1.29 is 4.79 Å². The second kappa shape index (κ2) is 6.60. The minimum Gasteiger partial charge on any atom is -0.298 e. The highest BCUT2D eigenvalue weighted by Gasteiger charge is 2.31. The first kappa shape index (κ1) is 17.6. The van der Waals surface area contributed by atoms with Gasteiger partial charge >= 0.3 is 0 Å². The molecule has 1 amide bonds. The van der Waals surface area contributed by atoms with Crippen LogP contribution in [0.15, 0.2) is 10.8 Å². The van der Waals surface area contributed by atoms with E-state index in [1.165, 1.54) is 28.2 Å². The normalized spacial score (nSPS) is 17.8. The van der Waals surface area contributed by atoms with E-state index in [0.717, 1.165) is 24.1 Å². The molecule has 130 valence electrons. The number of rotatable bonds is 3. The molecule has 1 aliphatic carbocycles. The van der Waals surface area contributed by atoms with Crippen molar-refractivity contribution in [3.05, 3.63) is 32.5 Å². The maximum Gasteiger partial charge on any atom is 0.258 e. The molecule has 2 aromatic rings. The number of carbonyl (C=O) groups is 1. The van der Waals surface area contributed by atoms with Crippen LogP contribution in [0.25, 0.3) is 0 Å². The molecular formula is C19H26N2OS2. The van der Waals surface area contributed by atoms with E-state index in [2.05, 4.69) is 44.9 Å². The van der Waals surface area contributed by atoms with Gasteiger partial charge in [0.05, 0.1) is 11.3 Å². The zero-order valence-corrected chi connectivity index (χ0v) is 16.7. The summed E-state index contributed by atoms with van der Waals surface area (Å²) in [6.07, 6.45) is 3.28. The molecule has 0 saturated heterocycles. The molecule has 5 heteroatoms. The van der Waals surface area contributed by atoms with Crippen molar-refractivity contribution in [3.8, 4) is 0 Å². The van der Waals surface area contributed by atoms with Crippen LogP contribution in [0.2, 0.25) is 0 Å². The third-order valence-corrected chi connectivity index (χ3v) is 6.79. The molecule has 0 spiro atoms. The van der Waals surface area contributed by atoms with Gasteiger partial charge < -0.3 is 0 Å². The van der Waals surface area contributed by atoms with Gasteiger partial charge in [0, 0.05) is 15.6 Å². The summed E-state index contributed by atoms with van der Waals surface area (Å²) in [4.78, 5) is 18.6. The number of hydrogen-bond acceptors (Lipinski definition) is 4. The lowest BCUT2D eigenvalue weighted by Gasteiger charge is -2.34. The number of hydrogen-bond donors (Lipinski definition) is 1. The first-order valence-corrected chi connectivity index (χ1v) is 10.4. The molecule has 1 aliphatic rings. The maximum absolute atomic E-state index is 12.7. The Morgan fingerprint density at radius 3 is 2.67 bits per heavy atom. The van der Waals surface area contributed by atoms with Crippen LogP contribution in [0.5, 0.6) is 0 Å². The number of aromatic nitrogens is 1. The second-order valence-electron chi connectivity index (χ2n) is 8.04. The van der Waals surface area contributed by atoms with Gasteiger partial charge in [-0.25, -0.2) is 4.98 Å². The van der Waals surface area contributed by atoms with Gasteiger partial charge in [0.2, 0.25) is 0 Å². The SMILES string of the molecule is CC(C)c1csc(NC(=O)c2csc3c2CCC(C(C)(C)C)C3)n1. The van der Waals surface area contributed by atoms with Crippen LogP contribution >= 0.6 is 22.7 Å². The molecule has 2 aromatic heterocycles. The lowest BCUT2D eigenvalue weighted by Crippen LogP contribution is -2.27. The Morgan fingerprint density at radius 2 is 2.04 bits per heavy atom. The van der Waals surface area contributed by atoms with Gasteiger partial charge in [-0.3, -0.25) is 10.1 Å². The van der Waals surface area contributed by atoms with Crippen LogP contribution in [-0.4, -0.2) is 10.9 Å². The van der Waals surface area contributed by atoms with Crippen molar-refractivity contribution in [1.29, 1.82) is 0 Å². The van der Waals surface area contributed by atoms with E-state index >= 15 is 0 Å². The number of fused-ring (bicyclic) bond motifs is 1. The Bertz CT molecular complexity index is 737. The van der Waals surface area contributed by atoms with Crippen molar-refractivity contribution in [2.75, 3.05) is 5.32 Å². The number of carbonyl (C=O) groups excluding carboxylic acids is 1. The average molecular weight is 363 g/mol. The van der Waals surface area contributed by atoms with Crippen molar-refractivity contribution >= 4 is 33.7 Å². The molecule has 2 heterocycles. The fourth-order valence-electron chi connectivity index (χ4n) is 3.22. The summed E-state index contributed by atoms with van der Waals surface area (Å²) in [7, 11) is 0. The first-order chi connectivity index (χ1) is 11.3. The van der Waals surface area contributed by atoms with Crippen LogP contribution < -0.4 is 5.32 Å². The Morgan fingerprint density at radius 1 is 1.29 bits per heavy atom. The van der Waals surface area contributed by atoms with E-state index < -0.39 is 0 Å². The van der Waals surface area contributed by atoms with Gasteiger partial charge in [-0.2, -0.15) is 0 Å². The quantitative estimate of drug-likeness (QED) is 0.757. The Balaban J connectivity index is 1.74. The van der Waals surface area contributed by atoms with Gasteiger partial charge in [0.1, 0.15) is 0 Å². The molecular weight excluding hydrogens is 336 g/mol. The van der Waals surface area contributed by atoms with Crippen molar-refractivity contribution in [3.63, 3.8) is 0 Å². The molecule has 3 rings (SSSR count). The number of nitrogens with one attached hydrogen (secondary N) is 1. The monoisotopic (exact) mass is 362 g/mol. The molecule has 0 aliphatic heterocycles. The molecule has 0 fully saturated rings. The summed E-state index contributed by atoms with van der Waals surface area (Å²) in [5, 5.41) is 7.74. The van der Waals surface area contributed by atoms with Crippen LogP contribution in [-0.2, 0) is 12.8 Å². The number of amides is 1. The largest absolute Gasteiger partial charge is 0.298 e. The lowest BCUT2D eigenvalue weighted by atomic mass is 9.72. The molecule has 3 nitrogen and oxygen atoms in total. The Hall–Kier alpha value is -1.20. The summed E-state index contributed by atoms with van der Waals surface area (Å²) in [5.41, 5.74) is 3.48. The molecule has 1 atom stereocenters. The fraction of sp³-hybridized carbons (Fsp3) is 0.579. The highest BCUT2D eigenvalue weighted by atomic mass is 32.1. The van der Waals surface area contributed by atoms with Crippen molar-refractivity contribution in [2.24, 2.45) is 11.3 Å². The predicted octanol–water partition coefficient (Wildman–Crippen LogP) is 5.73. The highest BCUT2D eigenvalue weighted by molar-refractivity contribution is 7.14. The zero-order valence-electron chi connectivity index (χ0n) is 15.1. The number of thiophene rings is 1. The summed E-state index contributed by atoms with van der Waals surface area (Å²) < 4.78 is 0. The van der Waals surface area contributed by atoms with Crippen LogP contribution in [0.4, 0.5) is 5.13 Å². The number of nitrogens with zero attached hydrogens (tertiary/aromatic N) is 1. The molecule has 0 saturated carbocycles. The Kier molecular flexibility index (Phi) is 4.85. The molecule has 1 N–H and O–H groups in total. The third kappa shape index (κ3) is 3.57. The topological polar surface area (TPSA) is 42.0 Å². The molecule has 1 unspecified atom stereocenters. The number of anilines is 1. The highest BCUT2D eigenvalue weighted by Crippen LogP contribution is 2.40. The smallest absolute Gasteiger partial charge is 0.258 e. The molecule has 0 aromatic carbocycles. The summed E-state index contributed by atoms with van der Waals surface area (Å²) in [6, 6.07) is 0. The summed E-state index contributed by atoms with van der Waals surface area (Å²) in [6.45, 7) is 11.2. The van der Waals surface area contributed by atoms with E-state index in [-0.39, 0.29) is 5.91 Å². The van der Waals surface area contributed by atoms with Crippen molar-refractivity contribution in [2.45, 2.75) is 59.8 Å². The average Bonchev–Trinajstić information content (AvgIpc) is 3.11. The van der Waals surface area contributed by atoms with Crippen LogP contribution in [0.3, 0.4) is 0 Å². The van der Waals surface area contributed by atoms with Crippen LogP contribution in [0, 0.1) is 11.3 Å². The van der Waals surface area contributed by atoms with Gasteiger partial charge in [-0.15, -0.1) is 22.7 Å². The second-order valence-corrected chi connectivity index (χ2v) is 9.87. The standard InChI is InChI=1S/C19H26N2OS2/c1-11(2)15-10-24-18(20-15)21-17(22)14-9-23-16-8-12(19(3,4)5)6-7-13(14)16/h9-12H,6-8H2,1-5H3,(H,20,21,22). The van der Waals surface area contributed by atoms with E-state index in [1.807, 2.05) is 10.8 Å². The van der Waals surface area contributed by atoms with Gasteiger partial charge in [0.15, 0.2) is 5.13 Å². The maximum atomic E-state index is 12.7. The van der Waals surface area contributed by atoms with Gasteiger partial charge in [-0.05, 0) is 42.1 Å². The molecule has 24 heavy (non-hydrogen) atoms. The Labute approximate surface area is 152 Å². The minimum absolute atomic E-state index is 0.00800. The van der Waals surface area contributed by atoms with Crippen LogP contribution in [0.1, 0.15) is 73.4 Å². The summed E-state index contributed by atoms with van der Waals surface area (Å²) in [5.74, 6) is 1.08.